The fourth-order valence-electron chi connectivity index (χ4n) is 3.11. The number of rotatable bonds is 8. The highest BCUT2D eigenvalue weighted by atomic mass is 16.2. The zero-order valence-corrected chi connectivity index (χ0v) is 17.3. The lowest BCUT2D eigenvalue weighted by Gasteiger charge is -2.16. The Bertz CT molecular complexity index is 985. The lowest BCUT2D eigenvalue weighted by atomic mass is 10.1. The smallest absolute Gasteiger partial charge is 0.257 e. The molecule has 5 nitrogen and oxygen atoms in total. The summed E-state index contributed by atoms with van der Waals surface area (Å²) in [5, 5.41) is 8.92. The van der Waals surface area contributed by atoms with Gasteiger partial charge in [0.15, 0.2) is 0 Å². The summed E-state index contributed by atoms with van der Waals surface area (Å²) in [6, 6.07) is 24.6. The molecule has 3 N–H and O–H groups in total. The first kappa shape index (κ1) is 21.3. The van der Waals surface area contributed by atoms with Crippen LogP contribution in [0, 0.1) is 0 Å². The number of benzene rings is 3. The summed E-state index contributed by atoms with van der Waals surface area (Å²) >= 11 is 0. The molecule has 30 heavy (non-hydrogen) atoms. The zero-order chi connectivity index (χ0) is 21.3. The van der Waals surface area contributed by atoms with Crippen LogP contribution in [0.15, 0.2) is 78.9 Å². The summed E-state index contributed by atoms with van der Waals surface area (Å²) in [6.07, 6.45) is 1.00. The number of anilines is 2. The molecule has 154 valence electrons. The van der Waals surface area contributed by atoms with Crippen LogP contribution in [0.2, 0.25) is 0 Å². The Balaban J connectivity index is 1.59. The van der Waals surface area contributed by atoms with Crippen LogP contribution in [0.25, 0.3) is 0 Å². The molecule has 0 bridgehead atoms. The molecule has 1 atom stereocenters. The Kier molecular flexibility index (Phi) is 7.35. The van der Waals surface area contributed by atoms with Crippen molar-refractivity contribution in [2.24, 2.45) is 0 Å². The molecular weight excluding hydrogens is 374 g/mol. The van der Waals surface area contributed by atoms with Gasteiger partial charge in [0.2, 0.25) is 5.91 Å². The third-order valence-corrected chi connectivity index (χ3v) is 4.93. The molecule has 0 heterocycles. The molecular formula is C25H27N3O2. The van der Waals surface area contributed by atoms with E-state index in [0.717, 1.165) is 12.0 Å². The van der Waals surface area contributed by atoms with Gasteiger partial charge in [0, 0.05) is 11.7 Å². The summed E-state index contributed by atoms with van der Waals surface area (Å²) in [5.41, 5.74) is 4.01. The topological polar surface area (TPSA) is 70.2 Å². The van der Waals surface area contributed by atoms with Gasteiger partial charge in [0.25, 0.3) is 5.91 Å². The second-order valence-electron chi connectivity index (χ2n) is 7.11. The van der Waals surface area contributed by atoms with Gasteiger partial charge in [-0.05, 0) is 48.7 Å². The number of amides is 2. The fourth-order valence-corrected chi connectivity index (χ4v) is 3.11. The molecule has 0 aliphatic carbocycles. The highest BCUT2D eigenvalue weighted by molar-refractivity contribution is 6.10. The number of nitrogens with one attached hydrogen (secondary N) is 3. The van der Waals surface area contributed by atoms with Crippen LogP contribution < -0.4 is 16.0 Å². The maximum Gasteiger partial charge on any atom is 0.257 e. The molecule has 0 saturated carbocycles. The molecule has 0 unspecified atom stereocenters. The van der Waals surface area contributed by atoms with E-state index < -0.39 is 0 Å². The molecule has 0 aliphatic rings. The predicted octanol–water partition coefficient (Wildman–Crippen LogP) is 4.79. The molecule has 3 aromatic rings. The second-order valence-corrected chi connectivity index (χ2v) is 7.11. The average Bonchev–Trinajstić information content (AvgIpc) is 2.78. The van der Waals surface area contributed by atoms with Crippen LogP contribution >= 0.6 is 0 Å². The third-order valence-electron chi connectivity index (χ3n) is 4.93. The quantitative estimate of drug-likeness (QED) is 0.508. The van der Waals surface area contributed by atoms with Gasteiger partial charge >= 0.3 is 0 Å². The van der Waals surface area contributed by atoms with Crippen molar-refractivity contribution in [3.8, 4) is 0 Å². The standard InChI is InChI=1S/C25H27N3O2/c1-3-19-13-15-20(16-14-19)18(2)26-17-24(29)28-23-12-8-7-11-22(23)25(30)27-21-9-5-4-6-10-21/h4-16,18,26H,3,17H2,1-2H3,(H,27,30)(H,28,29)/t18-/m0/s1. The summed E-state index contributed by atoms with van der Waals surface area (Å²) in [5.74, 6) is -0.471. The van der Waals surface area contributed by atoms with E-state index in [1.54, 1.807) is 24.3 Å². The molecule has 0 saturated heterocycles. The van der Waals surface area contributed by atoms with Crippen molar-refractivity contribution < 1.29 is 9.59 Å². The van der Waals surface area contributed by atoms with E-state index in [4.69, 9.17) is 0 Å². The number of hydrogen-bond donors (Lipinski definition) is 3. The third kappa shape index (κ3) is 5.78. The minimum atomic E-state index is -0.269. The predicted molar refractivity (Wildman–Crippen MR) is 122 cm³/mol. The average molecular weight is 402 g/mol. The number of aryl methyl sites for hydroxylation is 1. The largest absolute Gasteiger partial charge is 0.324 e. The van der Waals surface area contributed by atoms with Gasteiger partial charge < -0.3 is 16.0 Å². The van der Waals surface area contributed by atoms with E-state index >= 15 is 0 Å². The lowest BCUT2D eigenvalue weighted by Crippen LogP contribution is -2.30. The van der Waals surface area contributed by atoms with Crippen molar-refractivity contribution in [1.29, 1.82) is 0 Å². The van der Waals surface area contributed by atoms with Gasteiger partial charge in [-0.25, -0.2) is 0 Å². The van der Waals surface area contributed by atoms with Crippen LogP contribution in [-0.2, 0) is 11.2 Å². The summed E-state index contributed by atoms with van der Waals surface area (Å²) in [7, 11) is 0. The van der Waals surface area contributed by atoms with Crippen LogP contribution in [0.1, 0.15) is 41.4 Å². The normalized spacial score (nSPS) is 11.5. The molecule has 3 rings (SSSR count). The number of para-hydroxylation sites is 2. The Morgan fingerprint density at radius 2 is 1.50 bits per heavy atom. The van der Waals surface area contributed by atoms with E-state index in [9.17, 15) is 9.59 Å². The van der Waals surface area contributed by atoms with Crippen LogP contribution in [-0.4, -0.2) is 18.4 Å². The van der Waals surface area contributed by atoms with Crippen molar-refractivity contribution in [2.75, 3.05) is 17.2 Å². The molecule has 2 amide bonds. The SMILES string of the molecule is CCc1ccc([C@H](C)NCC(=O)Nc2ccccc2C(=O)Nc2ccccc2)cc1. The minimum absolute atomic E-state index is 0.0401. The van der Waals surface area contributed by atoms with Gasteiger partial charge in [-0.2, -0.15) is 0 Å². The van der Waals surface area contributed by atoms with Gasteiger partial charge in [-0.1, -0.05) is 61.5 Å². The first-order chi connectivity index (χ1) is 14.6. The monoisotopic (exact) mass is 401 g/mol. The Morgan fingerprint density at radius 3 is 2.20 bits per heavy atom. The van der Waals surface area contributed by atoms with Gasteiger partial charge in [-0.3, -0.25) is 9.59 Å². The summed E-state index contributed by atoms with van der Waals surface area (Å²) in [4.78, 5) is 25.1. The van der Waals surface area contributed by atoms with Crippen molar-refractivity contribution >= 4 is 23.2 Å². The van der Waals surface area contributed by atoms with E-state index in [1.165, 1.54) is 5.56 Å². The maximum absolute atomic E-state index is 12.6. The van der Waals surface area contributed by atoms with Crippen LogP contribution in [0.4, 0.5) is 11.4 Å². The minimum Gasteiger partial charge on any atom is -0.324 e. The van der Waals surface area contributed by atoms with Crippen LogP contribution in [0.5, 0.6) is 0 Å². The van der Waals surface area contributed by atoms with E-state index in [1.807, 2.05) is 37.3 Å². The molecule has 0 aromatic heterocycles. The second kappa shape index (κ2) is 10.4. The summed E-state index contributed by atoms with van der Waals surface area (Å²) in [6.45, 7) is 4.29. The Labute approximate surface area is 177 Å². The van der Waals surface area contributed by atoms with Gasteiger partial charge in [0.1, 0.15) is 0 Å². The molecule has 5 heteroatoms. The number of carbonyl (C=O) groups is 2. The highest BCUT2D eigenvalue weighted by Gasteiger charge is 2.14. The first-order valence-corrected chi connectivity index (χ1v) is 10.1. The molecule has 3 aromatic carbocycles. The van der Waals surface area contributed by atoms with Crippen molar-refractivity contribution in [3.05, 3.63) is 95.6 Å². The van der Waals surface area contributed by atoms with Crippen molar-refractivity contribution in [1.82, 2.24) is 5.32 Å². The van der Waals surface area contributed by atoms with Crippen LogP contribution in [0.3, 0.4) is 0 Å². The van der Waals surface area contributed by atoms with Crippen molar-refractivity contribution in [3.63, 3.8) is 0 Å². The molecule has 0 aliphatic heterocycles. The van der Waals surface area contributed by atoms with Crippen molar-refractivity contribution in [2.45, 2.75) is 26.3 Å². The van der Waals surface area contributed by atoms with Gasteiger partial charge in [0.05, 0.1) is 17.8 Å². The van der Waals surface area contributed by atoms with E-state index in [0.29, 0.717) is 16.9 Å². The summed E-state index contributed by atoms with van der Waals surface area (Å²) < 4.78 is 0. The maximum atomic E-state index is 12.6. The number of carbonyl (C=O) groups excluding carboxylic acids is 2. The Morgan fingerprint density at radius 1 is 0.833 bits per heavy atom. The Hall–Kier alpha value is -3.44. The van der Waals surface area contributed by atoms with Gasteiger partial charge in [-0.15, -0.1) is 0 Å². The molecule has 0 spiro atoms. The lowest BCUT2D eigenvalue weighted by molar-refractivity contribution is -0.115. The van der Waals surface area contributed by atoms with E-state index in [-0.39, 0.29) is 24.4 Å². The fraction of sp³-hybridized carbons (Fsp3) is 0.200. The zero-order valence-electron chi connectivity index (χ0n) is 17.3. The molecule has 0 radical (unpaired) electrons. The molecule has 0 fully saturated rings. The first-order valence-electron chi connectivity index (χ1n) is 10.1. The van der Waals surface area contributed by atoms with E-state index in [2.05, 4.69) is 47.1 Å². The highest BCUT2D eigenvalue weighted by Crippen LogP contribution is 2.18. The number of hydrogen-bond acceptors (Lipinski definition) is 3.